The molecule has 0 unspecified atom stereocenters. The van der Waals surface area contributed by atoms with E-state index in [1.807, 2.05) is 20.8 Å². The van der Waals surface area contributed by atoms with Gasteiger partial charge in [0.25, 0.3) is 0 Å². The van der Waals surface area contributed by atoms with E-state index < -0.39 is 4.92 Å². The molecule has 0 saturated heterocycles. The molecule has 0 spiro atoms. The van der Waals surface area contributed by atoms with E-state index >= 15 is 0 Å². The highest BCUT2D eigenvalue weighted by Crippen LogP contribution is 2.26. The minimum Gasteiger partial charge on any atom is -0.364 e. The first kappa shape index (κ1) is 14.1. The summed E-state index contributed by atoms with van der Waals surface area (Å²) in [7, 11) is 0. The van der Waals surface area contributed by atoms with Crippen molar-refractivity contribution in [3.05, 3.63) is 15.8 Å². The summed E-state index contributed by atoms with van der Waals surface area (Å²) < 4.78 is 0. The summed E-state index contributed by atoms with van der Waals surface area (Å²) in [5, 5.41) is 17.0. The molecule has 0 saturated carbocycles. The molecule has 0 bridgehead atoms. The largest absolute Gasteiger partial charge is 0.364 e. The van der Waals surface area contributed by atoms with Crippen LogP contribution in [-0.2, 0) is 0 Å². The Morgan fingerprint density at radius 3 is 2.50 bits per heavy atom. The molecule has 1 aromatic rings. The molecule has 0 aliphatic rings. The number of nitrogens with zero attached hydrogens (tertiary/aromatic N) is 3. The summed E-state index contributed by atoms with van der Waals surface area (Å²) in [5.41, 5.74) is 0.300. The number of aryl methyl sites for hydroxylation is 1. The van der Waals surface area contributed by atoms with Gasteiger partial charge in [0, 0.05) is 13.1 Å². The number of hydrogen-bond donors (Lipinski definition) is 2. The lowest BCUT2D eigenvalue weighted by Gasteiger charge is -2.11. The second kappa shape index (κ2) is 6.13. The van der Waals surface area contributed by atoms with Gasteiger partial charge >= 0.3 is 5.69 Å². The van der Waals surface area contributed by atoms with Gasteiger partial charge in [-0.05, 0) is 19.8 Å². The van der Waals surface area contributed by atoms with Crippen molar-refractivity contribution < 1.29 is 4.92 Å². The van der Waals surface area contributed by atoms with Gasteiger partial charge in [0.05, 0.1) is 4.92 Å². The van der Waals surface area contributed by atoms with E-state index in [9.17, 15) is 10.1 Å². The van der Waals surface area contributed by atoms with Crippen LogP contribution in [0.25, 0.3) is 0 Å². The highest BCUT2D eigenvalue weighted by atomic mass is 16.6. The highest BCUT2D eigenvalue weighted by molar-refractivity contribution is 5.60. The smallest absolute Gasteiger partial charge is 0.332 e. The van der Waals surface area contributed by atoms with Crippen molar-refractivity contribution in [1.29, 1.82) is 0 Å². The summed E-state index contributed by atoms with van der Waals surface area (Å²) in [5.74, 6) is 1.06. The molecule has 7 nitrogen and oxygen atoms in total. The number of hydrogen-bond acceptors (Lipinski definition) is 6. The van der Waals surface area contributed by atoms with Crippen LogP contribution in [-0.4, -0.2) is 28.0 Å². The Labute approximate surface area is 106 Å². The van der Waals surface area contributed by atoms with Gasteiger partial charge < -0.3 is 10.6 Å². The van der Waals surface area contributed by atoms with Crippen LogP contribution in [0.2, 0.25) is 0 Å². The summed E-state index contributed by atoms with van der Waals surface area (Å²) in [6.07, 6.45) is 0. The van der Waals surface area contributed by atoms with Crippen LogP contribution in [0.4, 0.5) is 17.5 Å². The van der Waals surface area contributed by atoms with Crippen LogP contribution in [0.3, 0.4) is 0 Å². The number of rotatable bonds is 6. The molecule has 1 heterocycles. The standard InChI is InChI=1S/C11H19N5O2/c1-5-12-11-14-8(4)9(16(17)18)10(15-11)13-6-7(2)3/h7H,5-6H2,1-4H3,(H2,12,13,14,15). The van der Waals surface area contributed by atoms with Crippen LogP contribution < -0.4 is 10.6 Å². The zero-order chi connectivity index (χ0) is 13.7. The fourth-order valence-corrected chi connectivity index (χ4v) is 1.45. The third kappa shape index (κ3) is 3.54. The number of anilines is 2. The second-order valence-corrected chi connectivity index (χ2v) is 4.39. The lowest BCUT2D eigenvalue weighted by Crippen LogP contribution is -2.14. The second-order valence-electron chi connectivity index (χ2n) is 4.39. The topological polar surface area (TPSA) is 93.0 Å². The van der Waals surface area contributed by atoms with Gasteiger partial charge in [0.1, 0.15) is 5.69 Å². The molecular weight excluding hydrogens is 234 g/mol. The van der Waals surface area contributed by atoms with E-state index in [1.165, 1.54) is 0 Å². The first-order valence-corrected chi connectivity index (χ1v) is 5.96. The van der Waals surface area contributed by atoms with Gasteiger partial charge in [0.2, 0.25) is 11.8 Å². The minimum atomic E-state index is -0.451. The summed E-state index contributed by atoms with van der Waals surface area (Å²) in [6.45, 7) is 8.88. The van der Waals surface area contributed by atoms with Crippen molar-refractivity contribution in [2.24, 2.45) is 5.92 Å². The Kier molecular flexibility index (Phi) is 4.82. The lowest BCUT2D eigenvalue weighted by molar-refractivity contribution is -0.385. The zero-order valence-corrected chi connectivity index (χ0v) is 11.1. The Morgan fingerprint density at radius 2 is 2.00 bits per heavy atom. The van der Waals surface area contributed by atoms with Crippen LogP contribution >= 0.6 is 0 Å². The number of aromatic nitrogens is 2. The average Bonchev–Trinajstić information content (AvgIpc) is 2.25. The zero-order valence-electron chi connectivity index (χ0n) is 11.1. The maximum Gasteiger partial charge on any atom is 0.332 e. The van der Waals surface area contributed by atoms with Crippen LogP contribution in [0.15, 0.2) is 0 Å². The molecule has 0 aliphatic carbocycles. The molecule has 1 rings (SSSR count). The average molecular weight is 253 g/mol. The van der Waals surface area contributed by atoms with Crippen LogP contribution in [0, 0.1) is 23.0 Å². The Bertz CT molecular complexity index is 434. The van der Waals surface area contributed by atoms with Crippen LogP contribution in [0.5, 0.6) is 0 Å². The highest BCUT2D eigenvalue weighted by Gasteiger charge is 2.21. The van der Waals surface area contributed by atoms with E-state index in [1.54, 1.807) is 6.92 Å². The van der Waals surface area contributed by atoms with E-state index in [2.05, 4.69) is 20.6 Å². The first-order valence-electron chi connectivity index (χ1n) is 5.96. The maximum atomic E-state index is 11.0. The Morgan fingerprint density at radius 1 is 1.33 bits per heavy atom. The van der Waals surface area contributed by atoms with Crippen molar-refractivity contribution in [1.82, 2.24) is 9.97 Å². The fourth-order valence-electron chi connectivity index (χ4n) is 1.45. The molecule has 0 fully saturated rings. The van der Waals surface area contributed by atoms with Crippen molar-refractivity contribution >= 4 is 17.5 Å². The molecule has 0 radical (unpaired) electrons. The Balaban J connectivity index is 3.11. The third-order valence-electron chi connectivity index (χ3n) is 2.25. The molecule has 1 aromatic heterocycles. The number of nitrogens with one attached hydrogen (secondary N) is 2. The molecule has 7 heteroatoms. The minimum absolute atomic E-state index is 0.0581. The van der Waals surface area contributed by atoms with Gasteiger partial charge in [-0.15, -0.1) is 0 Å². The molecule has 18 heavy (non-hydrogen) atoms. The molecular formula is C11H19N5O2. The van der Waals surface area contributed by atoms with Crippen molar-refractivity contribution in [2.75, 3.05) is 23.7 Å². The molecule has 100 valence electrons. The molecule has 0 atom stereocenters. The van der Waals surface area contributed by atoms with Crippen LogP contribution in [0.1, 0.15) is 26.5 Å². The van der Waals surface area contributed by atoms with Gasteiger partial charge in [-0.25, -0.2) is 4.98 Å². The summed E-state index contributed by atoms with van der Waals surface area (Å²) >= 11 is 0. The quantitative estimate of drug-likeness (QED) is 0.596. The number of nitro groups is 1. The van der Waals surface area contributed by atoms with E-state index in [-0.39, 0.29) is 11.5 Å². The summed E-state index contributed by atoms with van der Waals surface area (Å²) in [6, 6.07) is 0. The lowest BCUT2D eigenvalue weighted by atomic mass is 10.2. The van der Waals surface area contributed by atoms with Gasteiger partial charge in [-0.3, -0.25) is 10.1 Å². The van der Waals surface area contributed by atoms with Crippen molar-refractivity contribution in [3.63, 3.8) is 0 Å². The summed E-state index contributed by atoms with van der Waals surface area (Å²) in [4.78, 5) is 18.8. The fraction of sp³-hybridized carbons (Fsp3) is 0.636. The van der Waals surface area contributed by atoms with Gasteiger partial charge in [0.15, 0.2) is 0 Å². The van der Waals surface area contributed by atoms with E-state index in [0.29, 0.717) is 30.6 Å². The van der Waals surface area contributed by atoms with Crippen molar-refractivity contribution in [3.8, 4) is 0 Å². The SMILES string of the molecule is CCNc1nc(C)c([N+](=O)[O-])c(NCC(C)C)n1. The third-order valence-corrected chi connectivity index (χ3v) is 2.25. The van der Waals surface area contributed by atoms with E-state index in [4.69, 9.17) is 0 Å². The molecule has 2 N–H and O–H groups in total. The Hall–Kier alpha value is -1.92. The predicted octanol–water partition coefficient (Wildman–Crippen LogP) is 2.19. The van der Waals surface area contributed by atoms with Gasteiger partial charge in [-0.2, -0.15) is 4.98 Å². The predicted molar refractivity (Wildman–Crippen MR) is 70.9 cm³/mol. The monoisotopic (exact) mass is 253 g/mol. The maximum absolute atomic E-state index is 11.0. The van der Waals surface area contributed by atoms with Gasteiger partial charge in [-0.1, -0.05) is 13.8 Å². The molecule has 0 amide bonds. The first-order chi connectivity index (χ1) is 8.45. The molecule has 0 aromatic carbocycles. The van der Waals surface area contributed by atoms with Crippen molar-refractivity contribution in [2.45, 2.75) is 27.7 Å². The molecule has 0 aliphatic heterocycles. The van der Waals surface area contributed by atoms with E-state index in [0.717, 1.165) is 0 Å². The normalized spacial score (nSPS) is 10.5.